The first-order valence-electron chi connectivity index (χ1n) is 11.9. The molecule has 0 aliphatic heterocycles. The van der Waals surface area contributed by atoms with Crippen LogP contribution in [0.2, 0.25) is 0 Å². The topological polar surface area (TPSA) is 77.4 Å². The Bertz CT molecular complexity index is 1510. The van der Waals surface area contributed by atoms with Gasteiger partial charge in [0.15, 0.2) is 5.13 Å². The van der Waals surface area contributed by atoms with Crippen molar-refractivity contribution in [3.8, 4) is 0 Å². The number of pyridine rings is 2. The van der Waals surface area contributed by atoms with Crippen molar-refractivity contribution in [2.24, 2.45) is 0 Å². The van der Waals surface area contributed by atoms with Gasteiger partial charge in [-0.05, 0) is 72.1 Å². The highest BCUT2D eigenvalue weighted by Crippen LogP contribution is 2.31. The molecular formula is C28H27FN6OS. The van der Waals surface area contributed by atoms with Gasteiger partial charge in [-0.2, -0.15) is 0 Å². The molecule has 9 heteroatoms. The van der Waals surface area contributed by atoms with Crippen LogP contribution in [-0.2, 0) is 6.42 Å². The van der Waals surface area contributed by atoms with Gasteiger partial charge in [0, 0.05) is 38.2 Å². The molecule has 0 saturated carbocycles. The maximum absolute atomic E-state index is 13.3. The van der Waals surface area contributed by atoms with Gasteiger partial charge in [-0.3, -0.25) is 0 Å². The van der Waals surface area contributed by atoms with Gasteiger partial charge in [-0.25, -0.2) is 19.3 Å². The fourth-order valence-electron chi connectivity index (χ4n) is 4.13. The van der Waals surface area contributed by atoms with Gasteiger partial charge in [0.1, 0.15) is 27.8 Å². The Kier molecular flexibility index (Phi) is 7.25. The first-order chi connectivity index (χ1) is 18.0. The second-order valence-electron chi connectivity index (χ2n) is 8.67. The van der Waals surface area contributed by atoms with Gasteiger partial charge in [0.25, 0.3) is 0 Å². The number of nitrogens with zero attached hydrogens (tertiary/aromatic N) is 5. The molecule has 3 heterocycles. The average molecular weight is 515 g/mol. The molecule has 0 radical (unpaired) electrons. The van der Waals surface area contributed by atoms with E-state index in [4.69, 9.17) is 4.98 Å². The minimum Gasteiger partial charge on any atom is -0.395 e. The van der Waals surface area contributed by atoms with Crippen LogP contribution in [-0.4, -0.2) is 47.3 Å². The molecule has 0 amide bonds. The van der Waals surface area contributed by atoms with Crippen LogP contribution in [0.4, 0.5) is 32.5 Å². The van der Waals surface area contributed by atoms with Gasteiger partial charge in [0.05, 0.1) is 6.61 Å². The maximum Gasteiger partial charge on any atom is 0.190 e. The molecule has 2 aromatic carbocycles. The Morgan fingerprint density at radius 3 is 2.59 bits per heavy atom. The summed E-state index contributed by atoms with van der Waals surface area (Å²) in [5.74, 6) is 1.19. The molecule has 37 heavy (non-hydrogen) atoms. The molecule has 0 bridgehead atoms. The zero-order chi connectivity index (χ0) is 25.8. The zero-order valence-corrected chi connectivity index (χ0v) is 21.4. The molecule has 2 N–H and O–H groups in total. The van der Waals surface area contributed by atoms with E-state index in [1.165, 1.54) is 29.0 Å². The number of hydrogen-bond acceptors (Lipinski definition) is 8. The van der Waals surface area contributed by atoms with Crippen molar-refractivity contribution >= 4 is 49.8 Å². The van der Waals surface area contributed by atoms with Gasteiger partial charge >= 0.3 is 0 Å². The number of hydrogen-bond donors (Lipinski definition) is 2. The third-order valence-electron chi connectivity index (χ3n) is 6.09. The number of para-hydroxylation sites is 1. The number of fused-ring (bicyclic) bond motifs is 1. The molecule has 0 saturated heterocycles. The highest BCUT2D eigenvalue weighted by molar-refractivity contribution is 7.21. The van der Waals surface area contributed by atoms with Crippen molar-refractivity contribution in [2.75, 3.05) is 42.4 Å². The number of halogens is 1. The first-order valence-corrected chi connectivity index (χ1v) is 12.7. The van der Waals surface area contributed by atoms with Crippen molar-refractivity contribution in [3.63, 3.8) is 0 Å². The summed E-state index contributed by atoms with van der Waals surface area (Å²) in [6.45, 7) is 0.683. The van der Waals surface area contributed by atoms with Crippen molar-refractivity contribution in [1.82, 2.24) is 15.0 Å². The van der Waals surface area contributed by atoms with Crippen LogP contribution in [0.25, 0.3) is 10.3 Å². The van der Waals surface area contributed by atoms with Gasteiger partial charge in [0.2, 0.25) is 0 Å². The summed E-state index contributed by atoms with van der Waals surface area (Å²) in [5.41, 5.74) is 5.03. The van der Waals surface area contributed by atoms with E-state index in [0.29, 0.717) is 17.5 Å². The molecule has 5 aromatic rings. The maximum atomic E-state index is 13.3. The molecule has 5 rings (SSSR count). The van der Waals surface area contributed by atoms with Crippen LogP contribution in [0.3, 0.4) is 0 Å². The molecule has 0 aliphatic carbocycles. The molecular weight excluding hydrogens is 487 g/mol. The van der Waals surface area contributed by atoms with E-state index < -0.39 is 0 Å². The number of rotatable bonds is 9. The molecule has 3 aromatic heterocycles. The summed E-state index contributed by atoms with van der Waals surface area (Å²) in [5, 5.41) is 13.4. The Morgan fingerprint density at radius 1 is 0.973 bits per heavy atom. The van der Waals surface area contributed by atoms with Gasteiger partial charge in [-0.15, -0.1) is 0 Å². The van der Waals surface area contributed by atoms with E-state index in [1.54, 1.807) is 18.3 Å². The monoisotopic (exact) mass is 514 g/mol. The summed E-state index contributed by atoms with van der Waals surface area (Å²) in [6.07, 6.45) is 2.53. The van der Waals surface area contributed by atoms with Crippen LogP contribution in [0.1, 0.15) is 11.1 Å². The first kappa shape index (κ1) is 24.6. The Morgan fingerprint density at radius 2 is 1.78 bits per heavy atom. The number of anilines is 5. The summed E-state index contributed by atoms with van der Waals surface area (Å²) in [7, 11) is 3.88. The fraction of sp³-hybridized carbons (Fsp3) is 0.179. The van der Waals surface area contributed by atoms with Crippen LogP contribution in [0, 0.1) is 5.82 Å². The second-order valence-corrected chi connectivity index (χ2v) is 9.65. The van der Waals surface area contributed by atoms with Gasteiger partial charge in [-0.1, -0.05) is 29.5 Å². The molecule has 0 spiro atoms. The minimum atomic E-state index is -0.269. The van der Waals surface area contributed by atoms with Crippen molar-refractivity contribution in [2.45, 2.75) is 6.42 Å². The van der Waals surface area contributed by atoms with Crippen LogP contribution < -0.4 is 15.1 Å². The highest BCUT2D eigenvalue weighted by atomic mass is 32.1. The number of aliphatic hydroxyl groups is 1. The average Bonchev–Trinajstić information content (AvgIpc) is 3.31. The summed E-state index contributed by atoms with van der Waals surface area (Å²) in [4.78, 5) is 18.7. The third-order valence-corrected chi connectivity index (χ3v) is 6.97. The lowest BCUT2D eigenvalue weighted by atomic mass is 10.0. The predicted molar refractivity (Wildman–Crippen MR) is 149 cm³/mol. The predicted octanol–water partition coefficient (Wildman–Crippen LogP) is 5.76. The van der Waals surface area contributed by atoms with Crippen LogP contribution in [0.15, 0.2) is 79.0 Å². The summed E-state index contributed by atoms with van der Waals surface area (Å²) >= 11 is 1.45. The number of benzene rings is 2. The zero-order valence-electron chi connectivity index (χ0n) is 20.6. The Balaban J connectivity index is 1.33. The number of aliphatic hydroxyl groups excluding tert-OH is 1. The molecule has 0 atom stereocenters. The number of likely N-dealkylation sites (N-methyl/N-ethyl adjacent to an activating group) is 1. The molecule has 0 fully saturated rings. The smallest absolute Gasteiger partial charge is 0.190 e. The Labute approximate surface area is 218 Å². The lowest BCUT2D eigenvalue weighted by Gasteiger charge is -2.21. The molecule has 0 aliphatic rings. The molecule has 7 nitrogen and oxygen atoms in total. The number of nitrogens with one attached hydrogen (secondary N) is 1. The van der Waals surface area contributed by atoms with E-state index in [1.807, 2.05) is 55.4 Å². The number of thiazole rings is 1. The largest absolute Gasteiger partial charge is 0.395 e. The molecule has 188 valence electrons. The van der Waals surface area contributed by atoms with Crippen LogP contribution >= 0.6 is 11.3 Å². The van der Waals surface area contributed by atoms with E-state index in [9.17, 15) is 9.50 Å². The van der Waals surface area contributed by atoms with Crippen LogP contribution in [0.5, 0.6) is 0 Å². The van der Waals surface area contributed by atoms with Crippen molar-refractivity contribution in [3.05, 3.63) is 95.9 Å². The summed E-state index contributed by atoms with van der Waals surface area (Å²) < 4.78 is 13.3. The van der Waals surface area contributed by atoms with Crippen molar-refractivity contribution < 1.29 is 9.50 Å². The van der Waals surface area contributed by atoms with Crippen molar-refractivity contribution in [1.29, 1.82) is 0 Å². The fourth-order valence-corrected chi connectivity index (χ4v) is 4.97. The second kappa shape index (κ2) is 10.9. The third kappa shape index (κ3) is 5.68. The highest BCUT2D eigenvalue weighted by Gasteiger charge is 2.12. The number of aromatic nitrogens is 3. The lowest BCUT2D eigenvalue weighted by molar-refractivity contribution is 0.304. The standard InChI is InChI=1S/C28H27FN6OS/c1-34(15-16-36)24-6-4-3-5-20(24)17-19-13-14-30-25(18-19)32-28-31-23-11-12-26(33-27(23)37-28)35(2)22-9-7-21(29)8-10-22/h3-14,18,36H,15-17H2,1-2H3,(H,30,31,32). The van der Waals surface area contributed by atoms with E-state index in [0.717, 1.165) is 39.5 Å². The summed E-state index contributed by atoms with van der Waals surface area (Å²) in [6, 6.07) is 22.4. The minimum absolute atomic E-state index is 0.106. The quantitative estimate of drug-likeness (QED) is 0.259. The SMILES string of the molecule is CN(CCO)c1ccccc1Cc1ccnc(Nc2nc3ccc(N(C)c4ccc(F)cc4)nc3s2)c1. The lowest BCUT2D eigenvalue weighted by Crippen LogP contribution is -2.22. The molecule has 0 unspecified atom stereocenters. The van der Waals surface area contributed by atoms with E-state index >= 15 is 0 Å². The van der Waals surface area contributed by atoms with E-state index in [-0.39, 0.29) is 12.4 Å². The van der Waals surface area contributed by atoms with Gasteiger partial charge < -0.3 is 20.2 Å². The normalized spacial score (nSPS) is 11.0. The van der Waals surface area contributed by atoms with E-state index in [2.05, 4.69) is 32.3 Å². The Hall–Kier alpha value is -4.08.